The van der Waals surface area contributed by atoms with Crippen LogP contribution in [0.25, 0.3) is 11.3 Å². The minimum Gasteiger partial charge on any atom is -0.497 e. The first-order chi connectivity index (χ1) is 9.40. The molecule has 0 spiro atoms. The molecule has 0 aliphatic rings. The van der Waals surface area contributed by atoms with Crippen molar-refractivity contribution in [3.63, 3.8) is 0 Å². The van der Waals surface area contributed by atoms with E-state index in [0.29, 0.717) is 5.13 Å². The fourth-order valence-electron chi connectivity index (χ4n) is 1.53. The van der Waals surface area contributed by atoms with Gasteiger partial charge in [-0.25, -0.2) is 4.98 Å². The van der Waals surface area contributed by atoms with Gasteiger partial charge >= 0.3 is 0 Å². The predicted molar refractivity (Wildman–Crippen MR) is 82.2 cm³/mol. The first-order valence-electron chi connectivity index (χ1n) is 6.31. The van der Waals surface area contributed by atoms with Gasteiger partial charge in [0.25, 0.3) is 0 Å². The Labute approximate surface area is 122 Å². The van der Waals surface area contributed by atoms with Crippen molar-refractivity contribution < 1.29 is 9.53 Å². The Morgan fingerprint density at radius 1 is 1.35 bits per heavy atom. The molecule has 1 N–H and O–H groups in total. The predicted octanol–water partition coefficient (Wildman–Crippen LogP) is 3.80. The number of benzene rings is 1. The molecule has 106 valence electrons. The number of hydrogen-bond acceptors (Lipinski definition) is 4. The zero-order valence-corrected chi connectivity index (χ0v) is 12.9. The van der Waals surface area contributed by atoms with Gasteiger partial charge in [0.2, 0.25) is 5.91 Å². The summed E-state index contributed by atoms with van der Waals surface area (Å²) in [7, 11) is 1.63. The zero-order chi connectivity index (χ0) is 14.8. The molecule has 0 saturated carbocycles. The van der Waals surface area contributed by atoms with Gasteiger partial charge in [-0.05, 0) is 12.1 Å². The number of rotatable bonds is 3. The minimum atomic E-state index is -0.429. The molecule has 5 heteroatoms. The lowest BCUT2D eigenvalue weighted by Crippen LogP contribution is -2.27. The molecule has 0 saturated heterocycles. The Bertz CT molecular complexity index is 614. The molecular weight excluding hydrogens is 272 g/mol. The first-order valence-corrected chi connectivity index (χ1v) is 7.19. The number of aromatic nitrogens is 1. The molecule has 1 aromatic heterocycles. The van der Waals surface area contributed by atoms with Gasteiger partial charge in [-0.15, -0.1) is 11.3 Å². The molecule has 2 rings (SSSR count). The molecule has 4 nitrogen and oxygen atoms in total. The Morgan fingerprint density at radius 3 is 2.75 bits per heavy atom. The summed E-state index contributed by atoms with van der Waals surface area (Å²) in [6.07, 6.45) is 0. The average molecular weight is 290 g/mol. The minimum absolute atomic E-state index is 0.0379. The van der Waals surface area contributed by atoms with Crippen LogP contribution in [0.15, 0.2) is 29.6 Å². The molecule has 0 radical (unpaired) electrons. The van der Waals surface area contributed by atoms with Gasteiger partial charge in [0.05, 0.1) is 12.8 Å². The fraction of sp³-hybridized carbons (Fsp3) is 0.333. The van der Waals surface area contributed by atoms with E-state index in [9.17, 15) is 4.79 Å². The van der Waals surface area contributed by atoms with Crippen molar-refractivity contribution in [2.75, 3.05) is 12.4 Å². The lowest BCUT2D eigenvalue weighted by Gasteiger charge is -2.15. The van der Waals surface area contributed by atoms with E-state index < -0.39 is 5.41 Å². The summed E-state index contributed by atoms with van der Waals surface area (Å²) in [5, 5.41) is 5.38. The smallest absolute Gasteiger partial charge is 0.231 e. The average Bonchev–Trinajstić information content (AvgIpc) is 2.86. The maximum atomic E-state index is 11.9. The van der Waals surface area contributed by atoms with E-state index in [4.69, 9.17) is 4.74 Å². The van der Waals surface area contributed by atoms with Gasteiger partial charge in [-0.1, -0.05) is 32.9 Å². The van der Waals surface area contributed by atoms with Crippen molar-refractivity contribution in [3.8, 4) is 17.0 Å². The number of hydrogen-bond donors (Lipinski definition) is 1. The first kappa shape index (κ1) is 14.5. The standard InChI is InChI=1S/C15H18N2O2S/c1-15(2,3)13(18)17-14-16-12(9-20-14)10-6-5-7-11(8-10)19-4/h5-9H,1-4H3,(H,16,17,18). The van der Waals surface area contributed by atoms with Gasteiger partial charge in [-0.3, -0.25) is 4.79 Å². The number of thiazole rings is 1. The molecule has 0 fully saturated rings. The fourth-order valence-corrected chi connectivity index (χ4v) is 2.25. The summed E-state index contributed by atoms with van der Waals surface area (Å²) in [5.41, 5.74) is 1.37. The highest BCUT2D eigenvalue weighted by molar-refractivity contribution is 7.14. The van der Waals surface area contributed by atoms with Crippen molar-refractivity contribution >= 4 is 22.4 Å². The molecule has 0 bridgehead atoms. The quantitative estimate of drug-likeness (QED) is 0.935. The van der Waals surface area contributed by atoms with Crippen molar-refractivity contribution in [1.82, 2.24) is 4.98 Å². The van der Waals surface area contributed by atoms with Gasteiger partial charge in [0.1, 0.15) is 5.75 Å². The number of methoxy groups -OCH3 is 1. The van der Waals surface area contributed by atoms with Crippen LogP contribution in [0, 0.1) is 5.41 Å². The molecule has 0 aliphatic heterocycles. The van der Waals surface area contributed by atoms with Crippen LogP contribution in [-0.4, -0.2) is 18.0 Å². The van der Waals surface area contributed by atoms with Crippen molar-refractivity contribution in [2.24, 2.45) is 5.41 Å². The summed E-state index contributed by atoms with van der Waals surface area (Å²) in [6.45, 7) is 5.62. The van der Waals surface area contributed by atoms with Crippen LogP contribution in [0.1, 0.15) is 20.8 Å². The number of carbonyl (C=O) groups excluding carboxylic acids is 1. The van der Waals surface area contributed by atoms with Crippen molar-refractivity contribution in [3.05, 3.63) is 29.6 Å². The number of amides is 1. The number of carbonyl (C=O) groups is 1. The van der Waals surface area contributed by atoms with Crippen LogP contribution in [0.4, 0.5) is 5.13 Å². The van der Waals surface area contributed by atoms with E-state index in [1.54, 1.807) is 7.11 Å². The normalized spacial score (nSPS) is 11.2. The summed E-state index contributed by atoms with van der Waals surface area (Å²) in [4.78, 5) is 16.4. The maximum Gasteiger partial charge on any atom is 0.231 e. The van der Waals surface area contributed by atoms with Gasteiger partial charge < -0.3 is 10.1 Å². The van der Waals surface area contributed by atoms with Crippen LogP contribution in [0.2, 0.25) is 0 Å². The number of nitrogens with zero attached hydrogens (tertiary/aromatic N) is 1. The van der Waals surface area contributed by atoms with Crippen LogP contribution in [0.5, 0.6) is 5.75 Å². The van der Waals surface area contributed by atoms with E-state index in [2.05, 4.69) is 10.3 Å². The molecule has 1 heterocycles. The number of nitrogens with one attached hydrogen (secondary N) is 1. The highest BCUT2D eigenvalue weighted by Gasteiger charge is 2.22. The SMILES string of the molecule is COc1cccc(-c2csc(NC(=O)C(C)(C)C)n2)c1. The van der Waals surface area contributed by atoms with Gasteiger partial charge in [0, 0.05) is 16.4 Å². The third-order valence-electron chi connectivity index (χ3n) is 2.77. The lowest BCUT2D eigenvalue weighted by molar-refractivity contribution is -0.123. The topological polar surface area (TPSA) is 51.2 Å². The van der Waals surface area contributed by atoms with Crippen molar-refractivity contribution in [2.45, 2.75) is 20.8 Å². The Morgan fingerprint density at radius 2 is 2.10 bits per heavy atom. The molecule has 0 atom stereocenters. The maximum absolute atomic E-state index is 11.9. The Hall–Kier alpha value is -1.88. The van der Waals surface area contributed by atoms with E-state index in [-0.39, 0.29) is 5.91 Å². The number of ether oxygens (including phenoxy) is 1. The molecular formula is C15H18N2O2S. The molecule has 1 aromatic carbocycles. The number of anilines is 1. The van der Waals surface area contributed by atoms with E-state index in [1.807, 2.05) is 50.4 Å². The molecule has 2 aromatic rings. The Kier molecular flexibility index (Phi) is 4.09. The van der Waals surface area contributed by atoms with Crippen molar-refractivity contribution in [1.29, 1.82) is 0 Å². The van der Waals surface area contributed by atoms with Crippen LogP contribution >= 0.6 is 11.3 Å². The van der Waals surface area contributed by atoms with Crippen LogP contribution in [-0.2, 0) is 4.79 Å². The Balaban J connectivity index is 2.18. The molecule has 20 heavy (non-hydrogen) atoms. The van der Waals surface area contributed by atoms with Gasteiger partial charge in [0.15, 0.2) is 5.13 Å². The largest absolute Gasteiger partial charge is 0.497 e. The molecule has 1 amide bonds. The molecule has 0 aliphatic carbocycles. The summed E-state index contributed by atoms with van der Waals surface area (Å²) < 4.78 is 5.20. The second-order valence-electron chi connectivity index (χ2n) is 5.47. The van der Waals surface area contributed by atoms with Gasteiger partial charge in [-0.2, -0.15) is 0 Å². The monoisotopic (exact) mass is 290 g/mol. The second kappa shape index (κ2) is 5.63. The third kappa shape index (κ3) is 3.36. The second-order valence-corrected chi connectivity index (χ2v) is 6.33. The third-order valence-corrected chi connectivity index (χ3v) is 3.53. The highest BCUT2D eigenvalue weighted by Crippen LogP contribution is 2.28. The summed E-state index contributed by atoms with van der Waals surface area (Å²) in [6, 6.07) is 7.69. The summed E-state index contributed by atoms with van der Waals surface area (Å²) in [5.74, 6) is 0.750. The highest BCUT2D eigenvalue weighted by atomic mass is 32.1. The van der Waals surface area contributed by atoms with E-state index in [1.165, 1.54) is 11.3 Å². The van der Waals surface area contributed by atoms with E-state index in [0.717, 1.165) is 17.0 Å². The lowest BCUT2D eigenvalue weighted by atomic mass is 9.96. The summed E-state index contributed by atoms with van der Waals surface area (Å²) >= 11 is 1.42. The molecule has 0 unspecified atom stereocenters. The van der Waals surface area contributed by atoms with Crippen LogP contribution < -0.4 is 10.1 Å². The zero-order valence-electron chi connectivity index (χ0n) is 12.1. The van der Waals surface area contributed by atoms with E-state index >= 15 is 0 Å². The van der Waals surface area contributed by atoms with Crippen LogP contribution in [0.3, 0.4) is 0 Å².